The number of nitrogens with zero attached hydrogens (tertiary/aromatic N) is 2. The molecule has 1 amide bonds. The Morgan fingerprint density at radius 3 is 2.57 bits per heavy atom. The largest absolute Gasteiger partial charge is 0.360 e. The first-order valence-electron chi connectivity index (χ1n) is 8.53. The first-order valence-corrected chi connectivity index (χ1v) is 9.35. The van der Waals surface area contributed by atoms with Crippen LogP contribution in [0.2, 0.25) is 0 Å². The van der Waals surface area contributed by atoms with E-state index in [2.05, 4.69) is 11.2 Å². The van der Waals surface area contributed by atoms with Crippen molar-refractivity contribution in [3.05, 3.63) is 81.2 Å². The number of carbonyl (C=O) groups is 1. The highest BCUT2D eigenvalue weighted by atomic mass is 32.1. The first kappa shape index (κ1) is 17.8. The van der Waals surface area contributed by atoms with Gasteiger partial charge in [-0.25, -0.2) is 0 Å². The number of para-hydroxylation sites is 2. The lowest BCUT2D eigenvalue weighted by molar-refractivity contribution is -0.384. The molecule has 28 heavy (non-hydrogen) atoms. The van der Waals surface area contributed by atoms with E-state index in [1.807, 2.05) is 30.3 Å². The molecule has 0 spiro atoms. The summed E-state index contributed by atoms with van der Waals surface area (Å²) >= 11 is 1.40. The second kappa shape index (κ2) is 7.18. The van der Waals surface area contributed by atoms with Crippen molar-refractivity contribution in [2.75, 3.05) is 11.9 Å². The van der Waals surface area contributed by atoms with Gasteiger partial charge in [-0.3, -0.25) is 14.9 Å². The van der Waals surface area contributed by atoms with Crippen molar-refractivity contribution >= 4 is 28.6 Å². The minimum absolute atomic E-state index is 0.0504. The highest BCUT2D eigenvalue weighted by molar-refractivity contribution is 7.15. The van der Waals surface area contributed by atoms with E-state index in [9.17, 15) is 14.9 Å². The molecule has 0 aliphatic carbocycles. The summed E-state index contributed by atoms with van der Waals surface area (Å²) < 4.78 is 0. The Hall–Kier alpha value is -3.63. The van der Waals surface area contributed by atoms with Gasteiger partial charge in [-0.05, 0) is 30.3 Å². The summed E-state index contributed by atoms with van der Waals surface area (Å²) in [5.41, 5.74) is 1.92. The number of rotatable bonds is 4. The summed E-state index contributed by atoms with van der Waals surface area (Å²) in [4.78, 5) is 27.1. The summed E-state index contributed by atoms with van der Waals surface area (Å²) in [5.74, 6) is 2.40. The van der Waals surface area contributed by atoms with Gasteiger partial charge in [-0.1, -0.05) is 30.2 Å². The van der Waals surface area contributed by atoms with E-state index in [0.29, 0.717) is 11.1 Å². The van der Waals surface area contributed by atoms with Gasteiger partial charge in [0.1, 0.15) is 6.17 Å². The van der Waals surface area contributed by atoms with Gasteiger partial charge >= 0.3 is 0 Å². The number of nitro groups is 1. The number of benzene rings is 2. The Kier molecular flexibility index (Phi) is 4.55. The fourth-order valence-electron chi connectivity index (χ4n) is 3.26. The highest BCUT2D eigenvalue weighted by Crippen LogP contribution is 2.40. The van der Waals surface area contributed by atoms with Crippen LogP contribution in [0.4, 0.5) is 11.4 Å². The number of nitrogens with one attached hydrogen (secondary N) is 1. The number of amides is 1. The Bertz CT molecular complexity index is 1120. The van der Waals surface area contributed by atoms with Crippen molar-refractivity contribution in [2.24, 2.45) is 0 Å². The molecule has 0 saturated carbocycles. The number of fused-ring (bicyclic) bond motifs is 1. The van der Waals surface area contributed by atoms with Crippen LogP contribution in [0.5, 0.6) is 0 Å². The monoisotopic (exact) mass is 389 g/mol. The second-order valence-electron chi connectivity index (χ2n) is 6.21. The summed E-state index contributed by atoms with van der Waals surface area (Å²) in [6.45, 7) is 0.156. The Morgan fingerprint density at radius 2 is 1.82 bits per heavy atom. The van der Waals surface area contributed by atoms with Crippen molar-refractivity contribution in [1.82, 2.24) is 4.90 Å². The van der Waals surface area contributed by atoms with Gasteiger partial charge < -0.3 is 10.2 Å². The van der Waals surface area contributed by atoms with Crippen LogP contribution in [0.25, 0.3) is 10.4 Å². The molecule has 3 aromatic rings. The average molecular weight is 389 g/mol. The molecule has 2 heterocycles. The van der Waals surface area contributed by atoms with E-state index in [-0.39, 0.29) is 18.1 Å². The minimum Gasteiger partial charge on any atom is -0.360 e. The molecule has 1 N–H and O–H groups in total. The van der Waals surface area contributed by atoms with E-state index in [1.165, 1.54) is 17.4 Å². The molecule has 0 bridgehead atoms. The Balaban J connectivity index is 1.75. The molecule has 0 fully saturated rings. The third-order valence-corrected chi connectivity index (χ3v) is 5.72. The van der Waals surface area contributed by atoms with E-state index >= 15 is 0 Å². The van der Waals surface area contributed by atoms with E-state index in [1.54, 1.807) is 29.2 Å². The lowest BCUT2D eigenvalue weighted by Gasteiger charge is -2.36. The van der Waals surface area contributed by atoms with Gasteiger partial charge in [0.2, 0.25) is 0 Å². The molecule has 1 aliphatic heterocycles. The third-order valence-electron chi connectivity index (χ3n) is 4.55. The SMILES string of the molecule is C#CCN1C(=O)c2ccccc2N[C@@H]1c1ccc(-c2ccccc2[N+](=O)[O-])s1. The lowest BCUT2D eigenvalue weighted by atomic mass is 10.1. The number of nitro benzene ring substituents is 1. The van der Waals surface area contributed by atoms with Crippen LogP contribution in [0.3, 0.4) is 0 Å². The van der Waals surface area contributed by atoms with E-state index in [0.717, 1.165) is 15.4 Å². The minimum atomic E-state index is -0.431. The topological polar surface area (TPSA) is 75.5 Å². The van der Waals surface area contributed by atoms with Crippen molar-refractivity contribution < 1.29 is 9.72 Å². The highest BCUT2D eigenvalue weighted by Gasteiger charge is 2.33. The smallest absolute Gasteiger partial charge is 0.278 e. The zero-order valence-electron chi connectivity index (χ0n) is 14.7. The predicted octanol–water partition coefficient (Wildman–Crippen LogP) is 4.52. The number of terminal acetylenes is 1. The van der Waals surface area contributed by atoms with Crippen LogP contribution in [-0.4, -0.2) is 22.3 Å². The number of hydrogen-bond acceptors (Lipinski definition) is 5. The second-order valence-corrected chi connectivity index (χ2v) is 7.32. The van der Waals surface area contributed by atoms with Crippen molar-refractivity contribution in [1.29, 1.82) is 0 Å². The molecule has 0 unspecified atom stereocenters. The van der Waals surface area contributed by atoms with Crippen LogP contribution >= 0.6 is 11.3 Å². The number of anilines is 1. The summed E-state index contributed by atoms with van der Waals surface area (Å²) in [6.07, 6.45) is 5.06. The maximum absolute atomic E-state index is 12.9. The lowest BCUT2D eigenvalue weighted by Crippen LogP contribution is -2.42. The summed E-state index contributed by atoms with van der Waals surface area (Å²) in [6, 6.07) is 17.6. The molecule has 0 radical (unpaired) electrons. The maximum Gasteiger partial charge on any atom is 0.278 e. The summed E-state index contributed by atoms with van der Waals surface area (Å²) in [5, 5.41) is 14.7. The molecule has 1 aliphatic rings. The van der Waals surface area contributed by atoms with Gasteiger partial charge in [0.25, 0.3) is 11.6 Å². The van der Waals surface area contributed by atoms with Crippen LogP contribution in [0.15, 0.2) is 60.7 Å². The standard InChI is InChI=1S/C21H15N3O3S/c1-2-13-23-20(22-16-9-5-3-7-14(16)21(23)25)19-12-11-18(28-19)15-8-4-6-10-17(15)24(26)27/h1,3-12,20,22H,13H2/t20-/m0/s1. The maximum atomic E-state index is 12.9. The van der Waals surface area contributed by atoms with Gasteiger partial charge in [0.15, 0.2) is 0 Å². The van der Waals surface area contributed by atoms with Gasteiger partial charge in [0, 0.05) is 21.5 Å². The summed E-state index contributed by atoms with van der Waals surface area (Å²) in [7, 11) is 0. The third kappa shape index (κ3) is 3.00. The molecular formula is C21H15N3O3S. The van der Waals surface area contributed by atoms with Crippen LogP contribution in [0, 0.1) is 22.5 Å². The average Bonchev–Trinajstić information content (AvgIpc) is 3.20. The molecule has 7 heteroatoms. The normalized spacial score (nSPS) is 15.5. The van der Waals surface area contributed by atoms with Crippen LogP contribution in [0.1, 0.15) is 21.4 Å². The molecule has 1 atom stereocenters. The predicted molar refractivity (Wildman–Crippen MR) is 109 cm³/mol. The quantitative estimate of drug-likeness (QED) is 0.404. The number of carbonyl (C=O) groups excluding carboxylic acids is 1. The van der Waals surface area contributed by atoms with Crippen molar-refractivity contribution in [2.45, 2.75) is 6.17 Å². The molecule has 0 saturated heterocycles. The Labute approximate surface area is 165 Å². The van der Waals surface area contributed by atoms with Gasteiger partial charge in [-0.2, -0.15) is 0 Å². The van der Waals surface area contributed by atoms with Crippen molar-refractivity contribution in [3.63, 3.8) is 0 Å². The van der Waals surface area contributed by atoms with Crippen LogP contribution in [-0.2, 0) is 0 Å². The Morgan fingerprint density at radius 1 is 1.11 bits per heavy atom. The molecular weight excluding hydrogens is 374 g/mol. The van der Waals surface area contributed by atoms with E-state index < -0.39 is 11.1 Å². The fourth-order valence-corrected chi connectivity index (χ4v) is 4.37. The molecule has 138 valence electrons. The number of hydrogen-bond donors (Lipinski definition) is 1. The zero-order valence-corrected chi connectivity index (χ0v) is 15.5. The molecule has 4 rings (SSSR count). The van der Waals surface area contributed by atoms with Gasteiger partial charge in [-0.15, -0.1) is 17.8 Å². The van der Waals surface area contributed by atoms with Crippen molar-refractivity contribution in [3.8, 4) is 22.8 Å². The zero-order chi connectivity index (χ0) is 19.7. The van der Waals surface area contributed by atoms with Gasteiger partial charge in [0.05, 0.1) is 22.6 Å². The fraction of sp³-hybridized carbons (Fsp3) is 0.0952. The van der Waals surface area contributed by atoms with Crippen LogP contribution < -0.4 is 5.32 Å². The van der Waals surface area contributed by atoms with E-state index in [4.69, 9.17) is 6.42 Å². The molecule has 2 aromatic carbocycles. The molecule has 6 nitrogen and oxygen atoms in total. The first-order chi connectivity index (χ1) is 13.6. The number of thiophene rings is 1. The molecule has 1 aromatic heterocycles.